The molecule has 0 radical (unpaired) electrons. The van der Waals surface area contributed by atoms with E-state index in [1.54, 1.807) is 4.68 Å². The summed E-state index contributed by atoms with van der Waals surface area (Å²) in [7, 11) is 0. The molecule has 0 fully saturated rings. The second kappa shape index (κ2) is 6.38. The van der Waals surface area contributed by atoms with Crippen LogP contribution in [-0.4, -0.2) is 20.2 Å². The van der Waals surface area contributed by atoms with E-state index in [0.717, 1.165) is 23.6 Å². The van der Waals surface area contributed by atoms with E-state index >= 15 is 0 Å². The van der Waals surface area contributed by atoms with Gasteiger partial charge in [-0.15, -0.1) is 5.10 Å². The molecule has 1 unspecified atom stereocenters. The minimum Gasteiger partial charge on any atom is -0.373 e. The molecule has 1 heterocycles. The smallest absolute Gasteiger partial charge is 0.181 e. The predicted octanol–water partition coefficient (Wildman–Crippen LogP) is 4.05. The molecule has 0 amide bonds. The Hall–Kier alpha value is -2.40. The molecule has 1 aromatic heterocycles. The summed E-state index contributed by atoms with van der Waals surface area (Å²) in [6.45, 7) is 4.19. The van der Waals surface area contributed by atoms with Crippen LogP contribution in [0.5, 0.6) is 0 Å². The Kier molecular flexibility index (Phi) is 4.30. The zero-order valence-electron chi connectivity index (χ0n) is 13.1. The van der Waals surface area contributed by atoms with Crippen LogP contribution in [0.4, 0.5) is 5.69 Å². The van der Waals surface area contributed by atoms with Gasteiger partial charge in [-0.1, -0.05) is 36.7 Å². The van der Waals surface area contributed by atoms with Crippen molar-refractivity contribution < 1.29 is 0 Å². The molecule has 0 aliphatic heterocycles. The van der Waals surface area contributed by atoms with E-state index in [4.69, 9.17) is 11.6 Å². The Morgan fingerprint density at radius 2 is 1.78 bits per heavy atom. The highest BCUT2D eigenvalue weighted by molar-refractivity contribution is 6.30. The molecule has 0 spiro atoms. The van der Waals surface area contributed by atoms with Crippen molar-refractivity contribution in [2.45, 2.75) is 25.8 Å². The van der Waals surface area contributed by atoms with Gasteiger partial charge in [-0.05, 0) is 60.2 Å². The van der Waals surface area contributed by atoms with Crippen molar-refractivity contribution in [2.75, 3.05) is 5.32 Å². The van der Waals surface area contributed by atoms with Crippen LogP contribution < -0.4 is 5.32 Å². The molecule has 3 rings (SSSR count). The highest BCUT2D eigenvalue weighted by atomic mass is 35.5. The van der Waals surface area contributed by atoms with E-state index in [1.807, 2.05) is 54.6 Å². The Labute approximate surface area is 140 Å². The number of aromatic nitrogens is 4. The number of para-hydroxylation sites is 1. The summed E-state index contributed by atoms with van der Waals surface area (Å²) in [5.41, 5.74) is 1.50. The summed E-state index contributed by atoms with van der Waals surface area (Å²) in [4.78, 5) is 0. The lowest BCUT2D eigenvalue weighted by Gasteiger charge is -2.29. The van der Waals surface area contributed by atoms with E-state index in [-0.39, 0.29) is 0 Å². The van der Waals surface area contributed by atoms with Crippen LogP contribution in [0.1, 0.15) is 26.1 Å². The number of tetrazole rings is 1. The summed E-state index contributed by atoms with van der Waals surface area (Å²) < 4.78 is 1.77. The zero-order chi connectivity index (χ0) is 16.3. The van der Waals surface area contributed by atoms with E-state index in [9.17, 15) is 0 Å². The molecule has 0 aliphatic rings. The maximum Gasteiger partial charge on any atom is 0.181 e. The lowest BCUT2D eigenvalue weighted by molar-refractivity contribution is 0.474. The lowest BCUT2D eigenvalue weighted by Crippen LogP contribution is -2.34. The van der Waals surface area contributed by atoms with Crippen molar-refractivity contribution in [3.8, 4) is 5.69 Å². The van der Waals surface area contributed by atoms with Crippen LogP contribution >= 0.6 is 11.6 Å². The average Bonchev–Trinajstić information content (AvgIpc) is 3.08. The number of halogens is 1. The third-order valence-corrected chi connectivity index (χ3v) is 4.19. The van der Waals surface area contributed by atoms with Crippen molar-refractivity contribution >= 4 is 17.3 Å². The predicted molar refractivity (Wildman–Crippen MR) is 91.9 cm³/mol. The largest absolute Gasteiger partial charge is 0.373 e. The third kappa shape index (κ3) is 3.19. The highest BCUT2D eigenvalue weighted by Crippen LogP contribution is 2.29. The van der Waals surface area contributed by atoms with Gasteiger partial charge in [0.05, 0.1) is 11.2 Å². The molecular formula is C17H18ClN5. The van der Waals surface area contributed by atoms with Gasteiger partial charge in [-0.25, -0.2) is 0 Å². The average molecular weight is 328 g/mol. The van der Waals surface area contributed by atoms with Crippen molar-refractivity contribution in [3.63, 3.8) is 0 Å². The van der Waals surface area contributed by atoms with Gasteiger partial charge >= 0.3 is 0 Å². The molecule has 0 aliphatic carbocycles. The van der Waals surface area contributed by atoms with Gasteiger partial charge < -0.3 is 5.32 Å². The number of anilines is 1. The number of nitrogens with zero attached hydrogens (tertiary/aromatic N) is 4. The van der Waals surface area contributed by atoms with E-state index < -0.39 is 5.54 Å². The molecule has 118 valence electrons. The van der Waals surface area contributed by atoms with Gasteiger partial charge in [0.25, 0.3) is 0 Å². The van der Waals surface area contributed by atoms with Gasteiger partial charge in [-0.3, -0.25) is 0 Å². The first kappa shape index (κ1) is 15.5. The first-order chi connectivity index (χ1) is 11.1. The van der Waals surface area contributed by atoms with Gasteiger partial charge in [-0.2, -0.15) is 4.68 Å². The zero-order valence-corrected chi connectivity index (χ0v) is 13.8. The molecular weight excluding hydrogens is 310 g/mol. The van der Waals surface area contributed by atoms with Crippen molar-refractivity contribution in [3.05, 3.63) is 65.4 Å². The number of rotatable bonds is 5. The molecule has 1 atom stereocenters. The SMILES string of the molecule is CCC(C)(Nc1ccc(Cl)cc1)c1nnnn1-c1ccccc1. The fraction of sp³-hybridized carbons (Fsp3) is 0.235. The van der Waals surface area contributed by atoms with Gasteiger partial charge in [0, 0.05) is 10.7 Å². The van der Waals surface area contributed by atoms with Gasteiger partial charge in [0.15, 0.2) is 5.82 Å². The Bertz CT molecular complexity index is 769. The molecule has 23 heavy (non-hydrogen) atoms. The maximum absolute atomic E-state index is 5.96. The number of hydrogen-bond donors (Lipinski definition) is 1. The summed E-state index contributed by atoms with van der Waals surface area (Å²) >= 11 is 5.96. The van der Waals surface area contributed by atoms with E-state index in [0.29, 0.717) is 5.02 Å². The van der Waals surface area contributed by atoms with E-state index in [2.05, 4.69) is 34.7 Å². The van der Waals surface area contributed by atoms with Crippen LogP contribution in [0.15, 0.2) is 54.6 Å². The molecule has 2 aromatic carbocycles. The number of benzene rings is 2. The van der Waals surface area contributed by atoms with Crippen LogP contribution in [-0.2, 0) is 5.54 Å². The summed E-state index contributed by atoms with van der Waals surface area (Å²) in [6, 6.07) is 17.5. The van der Waals surface area contributed by atoms with Gasteiger partial charge in [0.1, 0.15) is 0 Å². The van der Waals surface area contributed by atoms with Crippen LogP contribution in [0.2, 0.25) is 5.02 Å². The second-order valence-corrected chi connectivity index (χ2v) is 6.00. The second-order valence-electron chi connectivity index (χ2n) is 5.57. The molecule has 6 heteroatoms. The van der Waals surface area contributed by atoms with Crippen LogP contribution in [0.3, 0.4) is 0 Å². The molecule has 0 saturated heterocycles. The highest BCUT2D eigenvalue weighted by Gasteiger charge is 2.31. The van der Waals surface area contributed by atoms with Crippen LogP contribution in [0, 0.1) is 0 Å². The normalized spacial score (nSPS) is 13.5. The van der Waals surface area contributed by atoms with Crippen molar-refractivity contribution in [2.24, 2.45) is 0 Å². The molecule has 5 nitrogen and oxygen atoms in total. The Balaban J connectivity index is 1.97. The van der Waals surface area contributed by atoms with Crippen molar-refractivity contribution in [1.29, 1.82) is 0 Å². The quantitative estimate of drug-likeness (QED) is 0.768. The van der Waals surface area contributed by atoms with Gasteiger partial charge in [0.2, 0.25) is 0 Å². The van der Waals surface area contributed by atoms with E-state index in [1.165, 1.54) is 0 Å². The topological polar surface area (TPSA) is 55.6 Å². The molecule has 1 N–H and O–H groups in total. The maximum atomic E-state index is 5.96. The molecule has 3 aromatic rings. The number of nitrogens with one attached hydrogen (secondary N) is 1. The fourth-order valence-electron chi connectivity index (χ4n) is 2.43. The first-order valence-corrected chi connectivity index (χ1v) is 7.88. The Morgan fingerprint density at radius 3 is 2.43 bits per heavy atom. The molecule has 0 saturated carbocycles. The minimum absolute atomic E-state index is 0.410. The number of hydrogen-bond acceptors (Lipinski definition) is 4. The fourth-order valence-corrected chi connectivity index (χ4v) is 2.55. The summed E-state index contributed by atoms with van der Waals surface area (Å²) in [5.74, 6) is 0.765. The van der Waals surface area contributed by atoms with Crippen LogP contribution in [0.25, 0.3) is 5.69 Å². The first-order valence-electron chi connectivity index (χ1n) is 7.50. The van der Waals surface area contributed by atoms with Crippen molar-refractivity contribution in [1.82, 2.24) is 20.2 Å². The standard InChI is InChI=1S/C17H18ClN5/c1-3-17(2,19-14-11-9-13(18)10-12-14)16-20-21-22-23(16)15-7-5-4-6-8-15/h4-12,19H,3H2,1-2H3. The Morgan fingerprint density at radius 1 is 1.09 bits per heavy atom. The molecule has 0 bridgehead atoms. The minimum atomic E-state index is -0.410. The summed E-state index contributed by atoms with van der Waals surface area (Å²) in [5, 5.41) is 16.5. The summed E-state index contributed by atoms with van der Waals surface area (Å²) in [6.07, 6.45) is 0.822. The lowest BCUT2D eigenvalue weighted by atomic mass is 9.97. The third-order valence-electron chi connectivity index (χ3n) is 3.94. The monoisotopic (exact) mass is 327 g/mol.